The summed E-state index contributed by atoms with van der Waals surface area (Å²) in [4.78, 5) is 25.9. The summed E-state index contributed by atoms with van der Waals surface area (Å²) in [6.07, 6.45) is 11.8. The first-order chi connectivity index (χ1) is 14.6. The fourth-order valence-corrected chi connectivity index (χ4v) is 4.75. The summed E-state index contributed by atoms with van der Waals surface area (Å²) >= 11 is 0. The van der Waals surface area contributed by atoms with Crippen LogP contribution >= 0.6 is 0 Å². The van der Waals surface area contributed by atoms with Crippen molar-refractivity contribution in [2.45, 2.75) is 71.0 Å². The van der Waals surface area contributed by atoms with Crippen molar-refractivity contribution >= 4 is 5.91 Å². The molecule has 4 rings (SSSR count). The van der Waals surface area contributed by atoms with Crippen molar-refractivity contribution < 1.29 is 4.79 Å². The van der Waals surface area contributed by atoms with E-state index in [1.54, 1.807) is 10.9 Å². The normalized spacial score (nSPS) is 20.2. The summed E-state index contributed by atoms with van der Waals surface area (Å²) in [6.45, 7) is 4.68. The minimum absolute atomic E-state index is 0.216. The number of amides is 1. The average molecular weight is 413 g/mol. The van der Waals surface area contributed by atoms with Gasteiger partial charge in [-0.15, -0.1) is 10.2 Å². The van der Waals surface area contributed by atoms with Crippen LogP contribution in [-0.2, 0) is 13.1 Å². The number of carbonyl (C=O) groups is 1. The third-order valence-electron chi connectivity index (χ3n) is 6.48. The molecule has 1 aliphatic carbocycles. The van der Waals surface area contributed by atoms with Crippen LogP contribution in [0.4, 0.5) is 0 Å². The van der Waals surface area contributed by atoms with Gasteiger partial charge in [0.2, 0.25) is 0 Å². The third-order valence-corrected chi connectivity index (χ3v) is 6.48. The van der Waals surface area contributed by atoms with Gasteiger partial charge in [0.25, 0.3) is 11.5 Å². The average Bonchev–Trinajstić information content (AvgIpc) is 3.24. The number of carbonyl (C=O) groups excluding carboxylic acids is 1. The number of aryl methyl sites for hydroxylation is 1. The van der Waals surface area contributed by atoms with Gasteiger partial charge in [-0.2, -0.15) is 0 Å². The Morgan fingerprint density at radius 2 is 2.07 bits per heavy atom. The van der Waals surface area contributed by atoms with Crippen molar-refractivity contribution in [1.29, 1.82) is 0 Å². The predicted molar refractivity (Wildman–Crippen MR) is 114 cm³/mol. The molecule has 0 radical (unpaired) electrons. The smallest absolute Gasteiger partial charge is 0.263 e. The molecule has 0 bridgehead atoms. The van der Waals surface area contributed by atoms with Gasteiger partial charge in [0, 0.05) is 18.8 Å². The fourth-order valence-electron chi connectivity index (χ4n) is 4.75. The lowest BCUT2D eigenvalue weighted by atomic mass is 9.95. The second-order valence-corrected chi connectivity index (χ2v) is 8.67. The Bertz CT molecular complexity index is 922. The molecule has 1 amide bonds. The monoisotopic (exact) mass is 412 g/mol. The molecule has 1 aliphatic heterocycles. The van der Waals surface area contributed by atoms with Gasteiger partial charge in [0.1, 0.15) is 11.9 Å². The quantitative estimate of drug-likeness (QED) is 0.759. The van der Waals surface area contributed by atoms with Gasteiger partial charge in [0.05, 0.1) is 6.54 Å². The minimum atomic E-state index is -0.341. The summed E-state index contributed by atoms with van der Waals surface area (Å²) < 4.78 is 3.77. The van der Waals surface area contributed by atoms with Crippen LogP contribution in [0, 0.1) is 12.8 Å². The third kappa shape index (κ3) is 4.64. The van der Waals surface area contributed by atoms with Gasteiger partial charge in [-0.25, -0.2) is 0 Å². The van der Waals surface area contributed by atoms with Crippen LogP contribution in [-0.4, -0.2) is 38.3 Å². The zero-order valence-electron chi connectivity index (χ0n) is 17.8. The topological polar surface area (TPSA) is 93.8 Å². The molecule has 8 nitrogen and oxygen atoms in total. The highest BCUT2D eigenvalue weighted by Gasteiger charge is 2.21. The fraction of sp³-hybridized carbons (Fsp3) is 0.636. The zero-order valence-corrected chi connectivity index (χ0v) is 17.8. The van der Waals surface area contributed by atoms with Crippen LogP contribution in [0.3, 0.4) is 0 Å². The van der Waals surface area contributed by atoms with Gasteiger partial charge >= 0.3 is 0 Å². The largest absolute Gasteiger partial charge is 0.345 e. The molecule has 0 spiro atoms. The lowest BCUT2D eigenvalue weighted by Gasteiger charge is -2.24. The minimum Gasteiger partial charge on any atom is -0.345 e. The first-order valence-corrected chi connectivity index (χ1v) is 11.2. The lowest BCUT2D eigenvalue weighted by Crippen LogP contribution is -2.38. The SMILES string of the molecule is Cc1ccn(CC2CCCNC2)c(=O)c1C(=O)NCc1nncn1C1CCCCC1. The van der Waals surface area contributed by atoms with Crippen molar-refractivity contribution in [3.05, 3.63) is 45.9 Å². The van der Waals surface area contributed by atoms with Crippen LogP contribution in [0.2, 0.25) is 0 Å². The van der Waals surface area contributed by atoms with E-state index < -0.39 is 0 Å². The Labute approximate surface area is 177 Å². The highest BCUT2D eigenvalue weighted by Crippen LogP contribution is 2.28. The van der Waals surface area contributed by atoms with Gasteiger partial charge < -0.3 is 19.8 Å². The number of piperidine rings is 1. The van der Waals surface area contributed by atoms with Gasteiger partial charge in [-0.05, 0) is 63.2 Å². The standard InChI is InChI=1S/C22H32N6O2/c1-16-9-11-27(14-17-6-5-10-23-12-17)22(30)20(16)21(29)24-13-19-26-25-15-28(19)18-7-3-2-4-8-18/h9,11,15,17-18,23H,2-8,10,12-14H2,1H3,(H,24,29). The van der Waals surface area contributed by atoms with E-state index in [9.17, 15) is 9.59 Å². The zero-order chi connectivity index (χ0) is 20.9. The van der Waals surface area contributed by atoms with Crippen LogP contribution in [0.5, 0.6) is 0 Å². The molecular weight excluding hydrogens is 380 g/mol. The van der Waals surface area contributed by atoms with E-state index in [0.717, 1.165) is 44.6 Å². The predicted octanol–water partition coefficient (Wildman–Crippen LogP) is 2.18. The van der Waals surface area contributed by atoms with E-state index in [4.69, 9.17) is 0 Å². The molecule has 1 saturated heterocycles. The molecule has 1 atom stereocenters. The number of hydrogen-bond acceptors (Lipinski definition) is 5. The number of pyridine rings is 1. The van der Waals surface area contributed by atoms with Gasteiger partial charge in [0.15, 0.2) is 5.82 Å². The second kappa shape index (κ2) is 9.55. The van der Waals surface area contributed by atoms with Crippen molar-refractivity contribution in [3.63, 3.8) is 0 Å². The van der Waals surface area contributed by atoms with Crippen LogP contribution in [0.15, 0.2) is 23.4 Å². The van der Waals surface area contributed by atoms with E-state index >= 15 is 0 Å². The maximum Gasteiger partial charge on any atom is 0.263 e. The number of nitrogens with zero attached hydrogens (tertiary/aromatic N) is 4. The van der Waals surface area contributed by atoms with Crippen LogP contribution in [0.1, 0.15) is 72.7 Å². The molecule has 0 aromatic carbocycles. The Kier molecular flexibility index (Phi) is 6.62. The summed E-state index contributed by atoms with van der Waals surface area (Å²) in [5.41, 5.74) is 0.709. The highest BCUT2D eigenvalue weighted by atomic mass is 16.2. The number of aromatic nitrogens is 4. The van der Waals surface area contributed by atoms with Crippen molar-refractivity contribution in [3.8, 4) is 0 Å². The first-order valence-electron chi connectivity index (χ1n) is 11.2. The Hall–Kier alpha value is -2.48. The summed E-state index contributed by atoms with van der Waals surface area (Å²) in [5.74, 6) is 0.827. The van der Waals surface area contributed by atoms with Crippen LogP contribution in [0.25, 0.3) is 0 Å². The van der Waals surface area contributed by atoms with Crippen LogP contribution < -0.4 is 16.2 Å². The molecular formula is C22H32N6O2. The molecule has 1 saturated carbocycles. The van der Waals surface area contributed by atoms with E-state index in [-0.39, 0.29) is 23.6 Å². The summed E-state index contributed by atoms with van der Waals surface area (Å²) in [5, 5.41) is 14.5. The highest BCUT2D eigenvalue weighted by molar-refractivity contribution is 5.95. The molecule has 162 valence electrons. The van der Waals surface area contributed by atoms with Crippen molar-refractivity contribution in [2.75, 3.05) is 13.1 Å². The molecule has 2 aromatic heterocycles. The summed E-state index contributed by atoms with van der Waals surface area (Å²) in [6, 6.07) is 2.26. The Balaban J connectivity index is 1.45. The van der Waals surface area contributed by atoms with Crippen molar-refractivity contribution in [1.82, 2.24) is 30.0 Å². The molecule has 3 heterocycles. The molecule has 1 unspecified atom stereocenters. The molecule has 2 aliphatic rings. The molecule has 2 fully saturated rings. The number of hydrogen-bond donors (Lipinski definition) is 2. The first kappa shape index (κ1) is 20.8. The summed E-state index contributed by atoms with van der Waals surface area (Å²) in [7, 11) is 0. The molecule has 30 heavy (non-hydrogen) atoms. The van der Waals surface area contributed by atoms with Gasteiger partial charge in [-0.1, -0.05) is 19.3 Å². The maximum absolute atomic E-state index is 13.0. The van der Waals surface area contributed by atoms with E-state index in [1.165, 1.54) is 19.3 Å². The number of nitrogens with one attached hydrogen (secondary N) is 2. The second-order valence-electron chi connectivity index (χ2n) is 8.67. The molecule has 8 heteroatoms. The van der Waals surface area contributed by atoms with E-state index in [1.807, 2.05) is 19.2 Å². The van der Waals surface area contributed by atoms with E-state index in [2.05, 4.69) is 25.4 Å². The van der Waals surface area contributed by atoms with Crippen molar-refractivity contribution in [2.24, 2.45) is 5.92 Å². The number of rotatable bonds is 6. The van der Waals surface area contributed by atoms with E-state index in [0.29, 0.717) is 24.1 Å². The molecule has 2 N–H and O–H groups in total. The maximum atomic E-state index is 13.0. The molecule has 2 aromatic rings. The lowest BCUT2D eigenvalue weighted by molar-refractivity contribution is 0.0946. The van der Waals surface area contributed by atoms with Gasteiger partial charge in [-0.3, -0.25) is 9.59 Å². The Morgan fingerprint density at radius 3 is 2.83 bits per heavy atom. The Morgan fingerprint density at radius 1 is 1.23 bits per heavy atom.